The minimum absolute atomic E-state index is 0.0492. The SMILES string of the molecule is CNC[C@H]1Oc2cc(C#Cc3ccc(F)cc3)ccc2S(=O)(=O)N([C@H](C)CO)C[C@@H]1C. The van der Waals surface area contributed by atoms with Gasteiger partial charge in [0.25, 0.3) is 0 Å². The summed E-state index contributed by atoms with van der Waals surface area (Å²) in [7, 11) is -2.07. The van der Waals surface area contributed by atoms with Crippen LogP contribution in [0.5, 0.6) is 5.75 Å². The number of aliphatic hydroxyl groups is 1. The quantitative estimate of drug-likeness (QED) is 0.704. The number of nitrogens with zero attached hydrogens (tertiary/aromatic N) is 1. The number of aliphatic hydroxyl groups excluding tert-OH is 1. The minimum atomic E-state index is -3.88. The molecule has 8 heteroatoms. The molecule has 0 saturated heterocycles. The second-order valence-electron chi connectivity index (χ2n) is 7.72. The topological polar surface area (TPSA) is 78.9 Å². The predicted molar refractivity (Wildman–Crippen MR) is 117 cm³/mol. The zero-order chi connectivity index (χ0) is 22.6. The van der Waals surface area contributed by atoms with E-state index in [0.29, 0.717) is 17.7 Å². The molecule has 0 aromatic heterocycles. The van der Waals surface area contributed by atoms with E-state index in [-0.39, 0.29) is 41.6 Å². The molecule has 0 aliphatic carbocycles. The van der Waals surface area contributed by atoms with Gasteiger partial charge in [0.1, 0.15) is 22.6 Å². The lowest BCUT2D eigenvalue weighted by Crippen LogP contribution is -2.49. The Labute approximate surface area is 183 Å². The van der Waals surface area contributed by atoms with Gasteiger partial charge in [0.15, 0.2) is 0 Å². The van der Waals surface area contributed by atoms with Gasteiger partial charge in [-0.1, -0.05) is 18.8 Å². The fourth-order valence-corrected chi connectivity index (χ4v) is 5.25. The fraction of sp³-hybridized carbons (Fsp3) is 0.391. The van der Waals surface area contributed by atoms with Crippen LogP contribution in [-0.2, 0) is 10.0 Å². The summed E-state index contributed by atoms with van der Waals surface area (Å²) in [6.07, 6.45) is -0.270. The molecule has 1 heterocycles. The molecule has 3 rings (SSSR count). The van der Waals surface area contributed by atoms with Crippen molar-refractivity contribution in [2.45, 2.75) is 30.9 Å². The van der Waals surface area contributed by atoms with Gasteiger partial charge in [-0.25, -0.2) is 12.8 Å². The first-order chi connectivity index (χ1) is 14.8. The number of nitrogens with one attached hydrogen (secondary N) is 1. The summed E-state index contributed by atoms with van der Waals surface area (Å²) in [6.45, 7) is 4.11. The molecular weight excluding hydrogens is 419 g/mol. The Balaban J connectivity index is 2.06. The number of rotatable bonds is 4. The molecule has 0 saturated carbocycles. The molecule has 0 unspecified atom stereocenters. The summed E-state index contributed by atoms with van der Waals surface area (Å²) >= 11 is 0. The van der Waals surface area contributed by atoms with Crippen LogP contribution in [0.1, 0.15) is 25.0 Å². The summed E-state index contributed by atoms with van der Waals surface area (Å²) < 4.78 is 47.3. The Morgan fingerprint density at radius 3 is 2.52 bits per heavy atom. The highest BCUT2D eigenvalue weighted by Gasteiger charge is 2.37. The van der Waals surface area contributed by atoms with E-state index in [1.165, 1.54) is 22.5 Å². The van der Waals surface area contributed by atoms with Gasteiger partial charge in [-0.2, -0.15) is 4.31 Å². The van der Waals surface area contributed by atoms with Gasteiger partial charge >= 0.3 is 0 Å². The molecular formula is C23H27FN2O4S. The normalized spacial score (nSPS) is 21.6. The molecule has 166 valence electrons. The van der Waals surface area contributed by atoms with Crippen LogP contribution in [0.15, 0.2) is 47.4 Å². The molecule has 2 aromatic carbocycles. The monoisotopic (exact) mass is 446 g/mol. The van der Waals surface area contributed by atoms with E-state index in [1.54, 1.807) is 31.2 Å². The van der Waals surface area contributed by atoms with E-state index in [0.717, 1.165) is 0 Å². The van der Waals surface area contributed by atoms with Crippen LogP contribution in [0.2, 0.25) is 0 Å². The number of hydrogen-bond donors (Lipinski definition) is 2. The van der Waals surface area contributed by atoms with E-state index >= 15 is 0 Å². The maximum absolute atomic E-state index is 13.4. The average molecular weight is 447 g/mol. The third-order valence-electron chi connectivity index (χ3n) is 5.27. The van der Waals surface area contributed by atoms with Gasteiger partial charge in [-0.15, -0.1) is 0 Å². The summed E-state index contributed by atoms with van der Waals surface area (Å²) in [6, 6.07) is 9.99. The number of likely N-dealkylation sites (N-methyl/N-ethyl adjacent to an activating group) is 1. The molecule has 0 radical (unpaired) electrons. The first kappa shape index (κ1) is 23.2. The van der Waals surface area contributed by atoms with Gasteiger partial charge in [0, 0.05) is 36.2 Å². The number of benzene rings is 2. The zero-order valence-corrected chi connectivity index (χ0v) is 18.6. The second-order valence-corrected chi connectivity index (χ2v) is 9.57. The first-order valence-electron chi connectivity index (χ1n) is 10.1. The number of fused-ring (bicyclic) bond motifs is 1. The maximum atomic E-state index is 13.4. The van der Waals surface area contributed by atoms with Crippen LogP contribution < -0.4 is 10.1 Å². The van der Waals surface area contributed by atoms with Gasteiger partial charge in [-0.3, -0.25) is 0 Å². The standard InChI is InChI=1S/C23H27FN2O4S/c1-16-14-26(17(2)15-27)31(28,29)23-11-8-19(12-21(23)30-22(16)13-25-3)5-4-18-6-9-20(24)10-7-18/h6-12,16-17,22,25,27H,13-15H2,1-3H3/t16-,17+,22+/m0/s1. The van der Waals surface area contributed by atoms with Crippen molar-refractivity contribution >= 4 is 10.0 Å². The zero-order valence-electron chi connectivity index (χ0n) is 17.8. The lowest BCUT2D eigenvalue weighted by molar-refractivity contribution is 0.103. The first-order valence-corrected chi connectivity index (χ1v) is 11.6. The van der Waals surface area contributed by atoms with Crippen LogP contribution in [0.3, 0.4) is 0 Å². The Hall–Kier alpha value is -2.44. The summed E-state index contributed by atoms with van der Waals surface area (Å²) in [4.78, 5) is 0.0492. The molecule has 3 atom stereocenters. The van der Waals surface area contributed by atoms with E-state index < -0.39 is 16.1 Å². The van der Waals surface area contributed by atoms with Crippen molar-refractivity contribution in [3.63, 3.8) is 0 Å². The van der Waals surface area contributed by atoms with Gasteiger partial charge in [0.05, 0.1) is 6.61 Å². The molecule has 2 N–H and O–H groups in total. The Morgan fingerprint density at radius 2 is 1.87 bits per heavy atom. The number of sulfonamides is 1. The fourth-order valence-electron chi connectivity index (χ4n) is 3.43. The molecule has 31 heavy (non-hydrogen) atoms. The molecule has 6 nitrogen and oxygen atoms in total. The minimum Gasteiger partial charge on any atom is -0.487 e. The number of ether oxygens (including phenoxy) is 1. The lowest BCUT2D eigenvalue weighted by atomic mass is 10.0. The van der Waals surface area contributed by atoms with E-state index in [4.69, 9.17) is 4.74 Å². The Bertz CT molecular complexity index is 1080. The van der Waals surface area contributed by atoms with Crippen molar-refractivity contribution in [2.24, 2.45) is 5.92 Å². The van der Waals surface area contributed by atoms with Crippen molar-refractivity contribution in [3.05, 3.63) is 59.4 Å². The number of halogens is 1. The van der Waals surface area contributed by atoms with Gasteiger partial charge in [-0.05, 0) is 56.4 Å². The van der Waals surface area contributed by atoms with Crippen molar-refractivity contribution in [1.29, 1.82) is 0 Å². The van der Waals surface area contributed by atoms with Crippen molar-refractivity contribution in [2.75, 3.05) is 26.7 Å². The Kier molecular flexibility index (Phi) is 7.34. The molecule has 0 amide bonds. The van der Waals surface area contributed by atoms with Crippen LogP contribution in [0.25, 0.3) is 0 Å². The third kappa shape index (κ3) is 5.25. The molecule has 1 aliphatic rings. The van der Waals surface area contributed by atoms with E-state index in [2.05, 4.69) is 17.2 Å². The summed E-state index contributed by atoms with van der Waals surface area (Å²) in [5.41, 5.74) is 1.22. The highest BCUT2D eigenvalue weighted by molar-refractivity contribution is 7.89. The maximum Gasteiger partial charge on any atom is 0.247 e. The van der Waals surface area contributed by atoms with Gasteiger partial charge in [0.2, 0.25) is 10.0 Å². The lowest BCUT2D eigenvalue weighted by Gasteiger charge is -2.36. The molecule has 2 aromatic rings. The van der Waals surface area contributed by atoms with Crippen molar-refractivity contribution in [1.82, 2.24) is 9.62 Å². The molecule has 1 aliphatic heterocycles. The summed E-state index contributed by atoms with van der Waals surface area (Å²) in [5.74, 6) is 5.71. The third-order valence-corrected chi connectivity index (χ3v) is 7.29. The van der Waals surface area contributed by atoms with Crippen LogP contribution in [0.4, 0.5) is 4.39 Å². The van der Waals surface area contributed by atoms with Crippen molar-refractivity contribution < 1.29 is 22.7 Å². The highest BCUT2D eigenvalue weighted by Crippen LogP contribution is 2.33. The highest BCUT2D eigenvalue weighted by atomic mass is 32.2. The smallest absolute Gasteiger partial charge is 0.247 e. The second kappa shape index (κ2) is 9.79. The predicted octanol–water partition coefficient (Wildman–Crippen LogP) is 2.21. The summed E-state index contributed by atoms with van der Waals surface area (Å²) in [5, 5.41) is 12.7. The van der Waals surface area contributed by atoms with E-state index in [1.807, 2.05) is 14.0 Å². The largest absolute Gasteiger partial charge is 0.487 e. The Morgan fingerprint density at radius 1 is 1.23 bits per heavy atom. The van der Waals surface area contributed by atoms with Crippen LogP contribution >= 0.6 is 0 Å². The molecule has 0 fully saturated rings. The average Bonchev–Trinajstić information content (AvgIpc) is 2.75. The molecule has 0 bridgehead atoms. The molecule has 0 spiro atoms. The van der Waals surface area contributed by atoms with Crippen LogP contribution in [0, 0.1) is 23.6 Å². The number of hydrogen-bond acceptors (Lipinski definition) is 5. The van der Waals surface area contributed by atoms with Crippen molar-refractivity contribution in [3.8, 4) is 17.6 Å². The van der Waals surface area contributed by atoms with Gasteiger partial charge < -0.3 is 15.2 Å². The van der Waals surface area contributed by atoms with Crippen LogP contribution in [-0.4, -0.2) is 56.7 Å². The van der Waals surface area contributed by atoms with E-state index in [9.17, 15) is 17.9 Å².